The fourth-order valence-electron chi connectivity index (χ4n) is 4.06. The van der Waals surface area contributed by atoms with Gasteiger partial charge in [-0.25, -0.2) is 14.6 Å². The Hall–Kier alpha value is -3.76. The van der Waals surface area contributed by atoms with E-state index in [1.165, 1.54) is 13.3 Å². The number of ether oxygens (including phenoxy) is 2. The summed E-state index contributed by atoms with van der Waals surface area (Å²) in [6.45, 7) is 0.435. The number of carbonyl (C=O) groups is 3. The van der Waals surface area contributed by atoms with Gasteiger partial charge in [0.2, 0.25) is 5.91 Å². The van der Waals surface area contributed by atoms with E-state index in [0.717, 1.165) is 33.6 Å². The van der Waals surface area contributed by atoms with Crippen LogP contribution in [0.1, 0.15) is 38.1 Å². The number of nitrogens with one attached hydrogen (secondary N) is 2. The van der Waals surface area contributed by atoms with Crippen LogP contribution in [0.3, 0.4) is 0 Å². The predicted octanol–water partition coefficient (Wildman–Crippen LogP) is 3.40. The molecular weight excluding hydrogens is 470 g/mol. The quantitative estimate of drug-likeness (QED) is 0.393. The molecule has 0 fully saturated rings. The number of hydrogen-bond acceptors (Lipinski definition) is 7. The van der Waals surface area contributed by atoms with Gasteiger partial charge in [-0.2, -0.15) is 0 Å². The van der Waals surface area contributed by atoms with Gasteiger partial charge in [0.15, 0.2) is 0 Å². The summed E-state index contributed by atoms with van der Waals surface area (Å²) in [5.74, 6) is -1.61. The Balaban J connectivity index is 1.36. The second-order valence-electron chi connectivity index (χ2n) is 7.95. The van der Waals surface area contributed by atoms with Crippen molar-refractivity contribution >= 4 is 29.3 Å². The van der Waals surface area contributed by atoms with Crippen molar-refractivity contribution in [1.29, 1.82) is 0 Å². The van der Waals surface area contributed by atoms with Crippen molar-refractivity contribution in [2.75, 3.05) is 20.3 Å². The maximum absolute atomic E-state index is 12.7. The summed E-state index contributed by atoms with van der Waals surface area (Å²) in [6.07, 6.45) is 0.780. The normalized spacial score (nSPS) is 12.9. The minimum atomic E-state index is -1.07. The molecule has 0 aliphatic heterocycles. The SMILES string of the molecule is COCCC(NC(=O)OCC1c2ccccc2-c2ccccc21)C(=O)NCc1ncc(C(=O)O)s1. The molecule has 35 heavy (non-hydrogen) atoms. The van der Waals surface area contributed by atoms with Crippen LogP contribution in [0.5, 0.6) is 0 Å². The maximum atomic E-state index is 12.7. The Morgan fingerprint density at radius 2 is 1.74 bits per heavy atom. The van der Waals surface area contributed by atoms with Crippen LogP contribution < -0.4 is 10.6 Å². The highest BCUT2D eigenvalue weighted by atomic mass is 32.1. The van der Waals surface area contributed by atoms with Crippen LogP contribution in [0.15, 0.2) is 54.7 Å². The molecule has 2 aromatic carbocycles. The topological polar surface area (TPSA) is 127 Å². The van der Waals surface area contributed by atoms with Crippen LogP contribution in [0.2, 0.25) is 0 Å². The van der Waals surface area contributed by atoms with E-state index < -0.39 is 24.0 Å². The van der Waals surface area contributed by atoms with Gasteiger partial charge in [0.05, 0.1) is 12.7 Å². The first kappa shape index (κ1) is 24.4. The van der Waals surface area contributed by atoms with Gasteiger partial charge in [0.25, 0.3) is 0 Å². The van der Waals surface area contributed by atoms with Crippen LogP contribution >= 0.6 is 11.3 Å². The first-order chi connectivity index (χ1) is 17.0. The molecular formula is C25H25N3O6S. The molecule has 0 radical (unpaired) electrons. The molecule has 10 heteroatoms. The molecule has 0 bridgehead atoms. The second kappa shape index (κ2) is 11.1. The summed E-state index contributed by atoms with van der Waals surface area (Å²) in [5.41, 5.74) is 4.45. The average Bonchev–Trinajstić information content (AvgIpc) is 3.47. The lowest BCUT2D eigenvalue weighted by atomic mass is 9.98. The first-order valence-electron chi connectivity index (χ1n) is 11.0. The smallest absolute Gasteiger partial charge is 0.407 e. The van der Waals surface area contributed by atoms with Crippen LogP contribution in [-0.2, 0) is 20.8 Å². The molecule has 1 aliphatic rings. The lowest BCUT2D eigenvalue weighted by molar-refractivity contribution is -0.123. The molecule has 2 amide bonds. The van der Waals surface area contributed by atoms with E-state index in [0.29, 0.717) is 5.01 Å². The van der Waals surface area contributed by atoms with Crippen molar-refractivity contribution in [2.45, 2.75) is 24.9 Å². The number of carboxylic acid groups (broad SMARTS) is 1. The third-order valence-electron chi connectivity index (χ3n) is 5.74. The monoisotopic (exact) mass is 495 g/mol. The molecule has 182 valence electrons. The summed E-state index contributed by atoms with van der Waals surface area (Å²) < 4.78 is 10.6. The van der Waals surface area contributed by atoms with Crippen LogP contribution in [0, 0.1) is 0 Å². The third kappa shape index (κ3) is 5.67. The van der Waals surface area contributed by atoms with Gasteiger partial charge in [0, 0.05) is 26.1 Å². The van der Waals surface area contributed by atoms with E-state index in [1.54, 1.807) is 0 Å². The summed E-state index contributed by atoms with van der Waals surface area (Å²) >= 11 is 0.975. The Morgan fingerprint density at radius 3 is 2.34 bits per heavy atom. The summed E-state index contributed by atoms with van der Waals surface area (Å²) in [6, 6.07) is 15.2. The number of nitrogens with zero attached hydrogens (tertiary/aromatic N) is 1. The van der Waals surface area contributed by atoms with Crippen molar-refractivity contribution in [3.8, 4) is 11.1 Å². The van der Waals surface area contributed by atoms with Crippen molar-refractivity contribution in [1.82, 2.24) is 15.6 Å². The van der Waals surface area contributed by atoms with Gasteiger partial charge in [0.1, 0.15) is 22.5 Å². The number of amides is 2. The molecule has 1 heterocycles. The largest absolute Gasteiger partial charge is 0.477 e. The number of rotatable bonds is 10. The molecule has 1 atom stereocenters. The summed E-state index contributed by atoms with van der Waals surface area (Å²) in [5, 5.41) is 14.7. The minimum absolute atomic E-state index is 0.0482. The number of methoxy groups -OCH3 is 1. The van der Waals surface area contributed by atoms with Crippen molar-refractivity contribution in [3.63, 3.8) is 0 Å². The number of carboxylic acids is 1. The van der Waals surface area contributed by atoms with Crippen LogP contribution in [0.25, 0.3) is 11.1 Å². The number of hydrogen-bond donors (Lipinski definition) is 3. The fraction of sp³-hybridized carbons (Fsp3) is 0.280. The molecule has 1 unspecified atom stereocenters. The van der Waals surface area contributed by atoms with Gasteiger partial charge < -0.3 is 25.2 Å². The highest BCUT2D eigenvalue weighted by molar-refractivity contribution is 7.13. The van der Waals surface area contributed by atoms with Gasteiger partial charge in [-0.05, 0) is 22.3 Å². The molecule has 3 N–H and O–H groups in total. The van der Waals surface area contributed by atoms with Gasteiger partial charge in [-0.15, -0.1) is 11.3 Å². The van der Waals surface area contributed by atoms with Crippen LogP contribution in [-0.4, -0.2) is 54.4 Å². The fourth-order valence-corrected chi connectivity index (χ4v) is 4.76. The number of benzene rings is 2. The molecule has 0 saturated carbocycles. The standard InChI is InChI=1S/C25H25N3O6S/c1-33-11-10-20(23(29)27-13-22-26-12-21(35-22)24(30)31)28-25(32)34-14-19-17-8-4-2-6-15(17)16-7-3-5-9-18(16)19/h2-9,12,19-20H,10-11,13-14H2,1H3,(H,27,29)(H,28,32)(H,30,31). The minimum Gasteiger partial charge on any atom is -0.477 e. The Morgan fingerprint density at radius 1 is 1.09 bits per heavy atom. The third-order valence-corrected chi connectivity index (χ3v) is 6.73. The van der Waals surface area contributed by atoms with E-state index in [2.05, 4.69) is 27.8 Å². The number of aromatic nitrogens is 1. The second-order valence-corrected chi connectivity index (χ2v) is 9.06. The number of alkyl carbamates (subject to hydrolysis) is 1. The van der Waals surface area contributed by atoms with E-state index in [-0.39, 0.29) is 37.0 Å². The Kier molecular flexibility index (Phi) is 7.74. The van der Waals surface area contributed by atoms with E-state index in [1.807, 2.05) is 36.4 Å². The molecule has 0 spiro atoms. The van der Waals surface area contributed by atoms with E-state index in [4.69, 9.17) is 14.6 Å². The number of fused-ring (bicyclic) bond motifs is 3. The summed E-state index contributed by atoms with van der Waals surface area (Å²) in [4.78, 5) is 40.4. The molecule has 0 saturated heterocycles. The van der Waals surface area contributed by atoms with Gasteiger partial charge in [-0.1, -0.05) is 48.5 Å². The molecule has 1 aliphatic carbocycles. The summed E-state index contributed by atoms with van der Waals surface area (Å²) in [7, 11) is 1.51. The molecule has 1 aromatic heterocycles. The first-order valence-corrected chi connectivity index (χ1v) is 11.9. The van der Waals surface area contributed by atoms with Crippen molar-refractivity contribution in [2.24, 2.45) is 0 Å². The number of aromatic carboxylic acids is 1. The zero-order chi connectivity index (χ0) is 24.8. The lowest BCUT2D eigenvalue weighted by Gasteiger charge is -2.19. The van der Waals surface area contributed by atoms with Crippen molar-refractivity contribution < 1.29 is 29.0 Å². The average molecular weight is 496 g/mol. The zero-order valence-electron chi connectivity index (χ0n) is 19.0. The number of thiazole rings is 1. The van der Waals surface area contributed by atoms with Crippen LogP contribution in [0.4, 0.5) is 4.79 Å². The predicted molar refractivity (Wildman–Crippen MR) is 129 cm³/mol. The molecule has 4 rings (SSSR count). The highest BCUT2D eigenvalue weighted by Gasteiger charge is 2.29. The lowest BCUT2D eigenvalue weighted by Crippen LogP contribution is -2.47. The highest BCUT2D eigenvalue weighted by Crippen LogP contribution is 2.44. The maximum Gasteiger partial charge on any atom is 0.407 e. The Bertz CT molecular complexity index is 1180. The van der Waals surface area contributed by atoms with E-state index in [9.17, 15) is 14.4 Å². The van der Waals surface area contributed by atoms with Gasteiger partial charge >= 0.3 is 12.1 Å². The molecule has 9 nitrogen and oxygen atoms in total. The molecule has 3 aromatic rings. The zero-order valence-corrected chi connectivity index (χ0v) is 19.8. The van der Waals surface area contributed by atoms with Gasteiger partial charge in [-0.3, -0.25) is 4.79 Å². The number of carbonyl (C=O) groups excluding carboxylic acids is 2. The Labute approximate surface area is 206 Å². The van der Waals surface area contributed by atoms with E-state index >= 15 is 0 Å². The van der Waals surface area contributed by atoms with Crippen molar-refractivity contribution in [3.05, 3.63) is 75.7 Å².